The molecule has 1 atom stereocenters. The van der Waals surface area contributed by atoms with Crippen LogP contribution in [0.5, 0.6) is 0 Å². The van der Waals surface area contributed by atoms with Crippen molar-refractivity contribution >= 4 is 11.8 Å². The number of carbonyl (C=O) groups excluding carboxylic acids is 2. The van der Waals surface area contributed by atoms with Crippen LogP contribution < -0.4 is 10.6 Å². The van der Waals surface area contributed by atoms with Gasteiger partial charge in [-0.2, -0.15) is 0 Å². The predicted molar refractivity (Wildman–Crippen MR) is 75.6 cm³/mol. The van der Waals surface area contributed by atoms with E-state index in [1.165, 1.54) is 0 Å². The molecule has 2 heterocycles. The van der Waals surface area contributed by atoms with E-state index in [0.29, 0.717) is 39.0 Å². The molecule has 0 saturated carbocycles. The summed E-state index contributed by atoms with van der Waals surface area (Å²) in [4.78, 5) is 25.5. The molecule has 0 aromatic heterocycles. The van der Waals surface area contributed by atoms with E-state index in [0.717, 1.165) is 0 Å². The molecule has 0 aliphatic carbocycles. The average Bonchev–Trinajstić information content (AvgIpc) is 2.86. The zero-order valence-electron chi connectivity index (χ0n) is 12.7. The summed E-state index contributed by atoms with van der Waals surface area (Å²) in [6, 6.07) is -0.883. The van der Waals surface area contributed by atoms with E-state index < -0.39 is 24.9 Å². The third-order valence-electron chi connectivity index (χ3n) is 4.14. The molecule has 1 unspecified atom stereocenters. The number of alkyl halides is 2. The Morgan fingerprint density at radius 3 is 2.59 bits per heavy atom. The molecule has 2 N–H and O–H groups in total. The summed E-state index contributed by atoms with van der Waals surface area (Å²) in [5.74, 6) is -3.14. The predicted octanol–water partition coefficient (Wildman–Crippen LogP) is 0.127. The van der Waals surface area contributed by atoms with Crippen LogP contribution in [0.4, 0.5) is 8.78 Å². The largest absolute Gasteiger partial charge is 0.384 e. The number of hydrogen-bond donors (Lipinski definition) is 2. The molecule has 0 radical (unpaired) electrons. The summed E-state index contributed by atoms with van der Waals surface area (Å²) in [5, 5.41) is 5.35. The highest BCUT2D eigenvalue weighted by Gasteiger charge is 2.42. The van der Waals surface area contributed by atoms with E-state index in [4.69, 9.17) is 4.74 Å². The Labute approximate surface area is 128 Å². The summed E-state index contributed by atoms with van der Waals surface area (Å²) in [6.07, 6.45) is 1.20. The Bertz CT molecular complexity index is 412. The molecule has 2 aliphatic heterocycles. The van der Waals surface area contributed by atoms with Crippen LogP contribution in [0.15, 0.2) is 0 Å². The molecule has 0 bridgehead atoms. The van der Waals surface area contributed by atoms with E-state index in [2.05, 4.69) is 10.6 Å². The zero-order chi connectivity index (χ0) is 16.2. The first-order chi connectivity index (χ1) is 10.4. The van der Waals surface area contributed by atoms with Crippen LogP contribution in [0, 0.1) is 0 Å². The summed E-state index contributed by atoms with van der Waals surface area (Å²) in [6.45, 7) is 1.10. The fourth-order valence-electron chi connectivity index (χ4n) is 2.82. The molecule has 2 saturated heterocycles. The zero-order valence-corrected chi connectivity index (χ0v) is 12.7. The van der Waals surface area contributed by atoms with Crippen molar-refractivity contribution in [3.8, 4) is 0 Å². The van der Waals surface area contributed by atoms with Crippen LogP contribution in [0.2, 0.25) is 0 Å². The maximum Gasteiger partial charge on any atom is 0.262 e. The normalized spacial score (nSPS) is 25.2. The molecule has 8 heteroatoms. The molecule has 126 valence electrons. The number of halogens is 2. The lowest BCUT2D eigenvalue weighted by molar-refractivity contribution is -0.133. The van der Waals surface area contributed by atoms with Crippen LogP contribution in [0.1, 0.15) is 25.7 Å². The van der Waals surface area contributed by atoms with Crippen molar-refractivity contribution in [2.45, 2.75) is 43.7 Å². The van der Waals surface area contributed by atoms with Gasteiger partial charge in [0.25, 0.3) is 5.92 Å². The smallest absolute Gasteiger partial charge is 0.262 e. The topological polar surface area (TPSA) is 70.7 Å². The van der Waals surface area contributed by atoms with Gasteiger partial charge >= 0.3 is 0 Å². The Hall–Kier alpha value is -1.28. The summed E-state index contributed by atoms with van der Waals surface area (Å²) in [5.41, 5.74) is 0. The number of amides is 2. The Morgan fingerprint density at radius 2 is 2.05 bits per heavy atom. The third kappa shape index (κ3) is 4.61. The van der Waals surface area contributed by atoms with E-state index >= 15 is 0 Å². The lowest BCUT2D eigenvalue weighted by Crippen LogP contribution is -2.50. The quantitative estimate of drug-likeness (QED) is 0.755. The lowest BCUT2D eigenvalue weighted by Gasteiger charge is -2.33. The van der Waals surface area contributed by atoms with E-state index in [1.54, 1.807) is 12.0 Å². The van der Waals surface area contributed by atoms with E-state index in [9.17, 15) is 18.4 Å². The highest BCUT2D eigenvalue weighted by molar-refractivity contribution is 5.82. The highest BCUT2D eigenvalue weighted by atomic mass is 19.3. The molecular weight excluding hydrogens is 296 g/mol. The second-order valence-corrected chi connectivity index (χ2v) is 5.90. The first kappa shape index (κ1) is 17.1. The Morgan fingerprint density at radius 1 is 1.36 bits per heavy atom. The Kier molecular flexibility index (Phi) is 5.69. The van der Waals surface area contributed by atoms with Crippen LogP contribution in [0.3, 0.4) is 0 Å². The van der Waals surface area contributed by atoms with E-state index in [-0.39, 0.29) is 17.9 Å². The van der Waals surface area contributed by atoms with Crippen molar-refractivity contribution in [1.29, 1.82) is 0 Å². The molecule has 2 rings (SSSR count). The van der Waals surface area contributed by atoms with Gasteiger partial charge in [0.2, 0.25) is 11.8 Å². The number of likely N-dealkylation sites (tertiary alicyclic amines) is 1. The monoisotopic (exact) mass is 319 g/mol. The van der Waals surface area contributed by atoms with Gasteiger partial charge in [-0.05, 0) is 12.8 Å². The molecule has 2 aliphatic rings. The van der Waals surface area contributed by atoms with Crippen LogP contribution in [-0.4, -0.2) is 68.1 Å². The number of methoxy groups -OCH3 is 1. The molecular formula is C14H23F2N3O3. The average molecular weight is 319 g/mol. The Balaban J connectivity index is 1.71. The van der Waals surface area contributed by atoms with Crippen molar-refractivity contribution in [1.82, 2.24) is 15.5 Å². The highest BCUT2D eigenvalue weighted by Crippen LogP contribution is 2.25. The minimum atomic E-state index is -2.81. The fraction of sp³-hybridized carbons (Fsp3) is 0.857. The van der Waals surface area contributed by atoms with Crippen LogP contribution >= 0.6 is 0 Å². The number of rotatable bonds is 5. The third-order valence-corrected chi connectivity index (χ3v) is 4.14. The van der Waals surface area contributed by atoms with Gasteiger partial charge in [-0.1, -0.05) is 0 Å². The SMILES string of the molecule is COCCC(=O)N1CCC(NC(=O)C2CC(F)(F)CN2)CC1. The van der Waals surface area contributed by atoms with Gasteiger partial charge in [-0.15, -0.1) is 0 Å². The number of ether oxygens (including phenoxy) is 1. The van der Waals surface area contributed by atoms with Crippen molar-refractivity contribution in [2.75, 3.05) is 33.4 Å². The maximum atomic E-state index is 13.1. The van der Waals surface area contributed by atoms with Gasteiger partial charge in [0.1, 0.15) is 0 Å². The first-order valence-electron chi connectivity index (χ1n) is 7.59. The maximum absolute atomic E-state index is 13.1. The number of nitrogens with zero attached hydrogens (tertiary/aromatic N) is 1. The van der Waals surface area contributed by atoms with Crippen molar-refractivity contribution < 1.29 is 23.1 Å². The van der Waals surface area contributed by atoms with Crippen LogP contribution in [-0.2, 0) is 14.3 Å². The van der Waals surface area contributed by atoms with Crippen molar-refractivity contribution in [3.63, 3.8) is 0 Å². The number of hydrogen-bond acceptors (Lipinski definition) is 4. The molecule has 0 aromatic rings. The second-order valence-electron chi connectivity index (χ2n) is 5.90. The molecule has 6 nitrogen and oxygen atoms in total. The fourth-order valence-corrected chi connectivity index (χ4v) is 2.82. The minimum Gasteiger partial charge on any atom is -0.384 e. The van der Waals surface area contributed by atoms with Gasteiger partial charge in [0.15, 0.2) is 0 Å². The molecule has 22 heavy (non-hydrogen) atoms. The number of carbonyl (C=O) groups is 2. The molecule has 0 aromatic carbocycles. The van der Waals surface area contributed by atoms with Gasteiger partial charge in [0.05, 0.1) is 25.6 Å². The second kappa shape index (κ2) is 7.32. The minimum absolute atomic E-state index is 0.0451. The summed E-state index contributed by atoms with van der Waals surface area (Å²) < 4.78 is 31.0. The summed E-state index contributed by atoms with van der Waals surface area (Å²) in [7, 11) is 1.55. The van der Waals surface area contributed by atoms with Gasteiger partial charge < -0.3 is 15.0 Å². The van der Waals surface area contributed by atoms with Gasteiger partial charge in [-0.25, -0.2) is 8.78 Å². The van der Waals surface area contributed by atoms with Crippen molar-refractivity contribution in [3.05, 3.63) is 0 Å². The molecule has 0 spiro atoms. The number of nitrogens with one attached hydrogen (secondary N) is 2. The van der Waals surface area contributed by atoms with Gasteiger partial charge in [0, 0.05) is 32.7 Å². The van der Waals surface area contributed by atoms with Crippen LogP contribution in [0.25, 0.3) is 0 Å². The van der Waals surface area contributed by atoms with Crippen molar-refractivity contribution in [2.24, 2.45) is 0 Å². The first-order valence-corrected chi connectivity index (χ1v) is 7.59. The molecule has 2 amide bonds. The van der Waals surface area contributed by atoms with E-state index in [1.807, 2.05) is 0 Å². The lowest BCUT2D eigenvalue weighted by atomic mass is 10.0. The molecule has 2 fully saturated rings. The number of piperidine rings is 1. The summed E-state index contributed by atoms with van der Waals surface area (Å²) >= 11 is 0. The van der Waals surface area contributed by atoms with Gasteiger partial charge in [-0.3, -0.25) is 14.9 Å². The standard InChI is InChI=1S/C14H23F2N3O3/c1-22-7-4-12(20)19-5-2-10(3-6-19)18-13(21)11-8-14(15,16)9-17-11/h10-11,17H,2-9H2,1H3,(H,18,21).